The van der Waals surface area contributed by atoms with Crippen molar-refractivity contribution in [3.63, 3.8) is 0 Å². The smallest absolute Gasteiger partial charge is 0.227 e. The van der Waals surface area contributed by atoms with Gasteiger partial charge in [0.2, 0.25) is 5.95 Å². The zero-order chi connectivity index (χ0) is 13.2. The average molecular weight is 264 g/mol. The second kappa shape index (κ2) is 5.28. The molecule has 1 aromatic heterocycles. The summed E-state index contributed by atoms with van der Waals surface area (Å²) < 4.78 is 5.44. The van der Waals surface area contributed by atoms with Crippen molar-refractivity contribution in [2.45, 2.75) is 13.0 Å². The van der Waals surface area contributed by atoms with E-state index in [9.17, 15) is 0 Å². The molecule has 3 N–H and O–H groups in total. The van der Waals surface area contributed by atoms with Crippen LogP contribution in [-0.4, -0.2) is 54.7 Å². The second-order valence-electron chi connectivity index (χ2n) is 5.03. The van der Waals surface area contributed by atoms with Crippen molar-refractivity contribution >= 4 is 11.8 Å². The maximum Gasteiger partial charge on any atom is 0.227 e. The van der Waals surface area contributed by atoms with Crippen molar-refractivity contribution in [2.75, 3.05) is 50.2 Å². The molecule has 1 aromatic rings. The Balaban J connectivity index is 1.89. The lowest BCUT2D eigenvalue weighted by Crippen LogP contribution is -2.45. The maximum absolute atomic E-state index is 5.57. The number of nitrogens with two attached hydrogens (primary N) is 1. The van der Waals surface area contributed by atoms with Gasteiger partial charge in [-0.1, -0.05) is 0 Å². The van der Waals surface area contributed by atoms with Crippen LogP contribution < -0.4 is 16.2 Å². The van der Waals surface area contributed by atoms with Crippen LogP contribution in [-0.2, 0) is 17.8 Å². The van der Waals surface area contributed by atoms with Gasteiger partial charge in [-0.25, -0.2) is 10.8 Å². The topological polar surface area (TPSA) is 79.5 Å². The molecule has 7 heteroatoms. The van der Waals surface area contributed by atoms with Crippen LogP contribution in [0.5, 0.6) is 0 Å². The highest BCUT2D eigenvalue weighted by molar-refractivity contribution is 5.51. The Labute approximate surface area is 112 Å². The summed E-state index contributed by atoms with van der Waals surface area (Å²) in [7, 11) is 2.13. The van der Waals surface area contributed by atoms with Crippen molar-refractivity contribution in [2.24, 2.45) is 5.84 Å². The van der Waals surface area contributed by atoms with Gasteiger partial charge in [0, 0.05) is 38.2 Å². The molecule has 0 radical (unpaired) electrons. The normalized spacial score (nSPS) is 20.2. The number of nitrogens with zero attached hydrogens (tertiary/aromatic N) is 4. The molecule has 0 saturated carbocycles. The fraction of sp³-hybridized carbons (Fsp3) is 0.667. The molecule has 0 amide bonds. The lowest BCUT2D eigenvalue weighted by molar-refractivity contribution is 0.109. The van der Waals surface area contributed by atoms with Crippen LogP contribution in [0.4, 0.5) is 11.8 Å². The van der Waals surface area contributed by atoms with Crippen LogP contribution in [0, 0.1) is 0 Å². The SMILES string of the molecule is CN1CCN(c2nc3c(c(NN)n2)COCC3)CC1. The Morgan fingerprint density at radius 3 is 2.74 bits per heavy atom. The zero-order valence-electron chi connectivity index (χ0n) is 11.2. The summed E-state index contributed by atoms with van der Waals surface area (Å²) in [6.07, 6.45) is 0.827. The Kier molecular flexibility index (Phi) is 3.50. The predicted octanol–water partition coefficient (Wildman–Crippen LogP) is -0.413. The van der Waals surface area contributed by atoms with Crippen molar-refractivity contribution < 1.29 is 4.74 Å². The van der Waals surface area contributed by atoms with E-state index in [0.717, 1.165) is 56.4 Å². The molecular weight excluding hydrogens is 244 g/mol. The molecule has 2 aliphatic heterocycles. The van der Waals surface area contributed by atoms with Crippen LogP contribution in [0.25, 0.3) is 0 Å². The molecule has 1 fully saturated rings. The molecule has 0 bridgehead atoms. The van der Waals surface area contributed by atoms with Gasteiger partial charge in [0.1, 0.15) is 0 Å². The highest BCUT2D eigenvalue weighted by Gasteiger charge is 2.22. The molecule has 3 rings (SSSR count). The monoisotopic (exact) mass is 264 g/mol. The number of aromatic nitrogens is 2. The minimum Gasteiger partial charge on any atom is -0.376 e. The molecule has 2 aliphatic rings. The molecule has 19 heavy (non-hydrogen) atoms. The van der Waals surface area contributed by atoms with E-state index in [2.05, 4.69) is 27.3 Å². The first-order valence-corrected chi connectivity index (χ1v) is 6.65. The first-order valence-electron chi connectivity index (χ1n) is 6.65. The number of rotatable bonds is 2. The third-order valence-electron chi connectivity index (χ3n) is 3.73. The van der Waals surface area contributed by atoms with Crippen LogP contribution in [0.15, 0.2) is 0 Å². The van der Waals surface area contributed by atoms with Crippen molar-refractivity contribution in [1.29, 1.82) is 0 Å². The van der Waals surface area contributed by atoms with Crippen molar-refractivity contribution in [1.82, 2.24) is 14.9 Å². The summed E-state index contributed by atoms with van der Waals surface area (Å²) >= 11 is 0. The van der Waals surface area contributed by atoms with Gasteiger partial charge < -0.3 is 20.0 Å². The van der Waals surface area contributed by atoms with Gasteiger partial charge in [0.05, 0.1) is 18.9 Å². The summed E-state index contributed by atoms with van der Waals surface area (Å²) in [5.41, 5.74) is 4.73. The molecule has 0 spiro atoms. The summed E-state index contributed by atoms with van der Waals surface area (Å²) in [6, 6.07) is 0. The Bertz CT molecular complexity index is 441. The van der Waals surface area contributed by atoms with E-state index >= 15 is 0 Å². The summed E-state index contributed by atoms with van der Waals surface area (Å²) in [5, 5.41) is 0. The number of piperazine rings is 1. The maximum atomic E-state index is 5.57. The average Bonchev–Trinajstić information content (AvgIpc) is 2.47. The Morgan fingerprint density at radius 2 is 2.00 bits per heavy atom. The molecule has 0 aliphatic carbocycles. The molecular formula is C12H20N6O. The van der Waals surface area contributed by atoms with E-state index in [-0.39, 0.29) is 0 Å². The predicted molar refractivity (Wildman–Crippen MR) is 72.9 cm³/mol. The summed E-state index contributed by atoms with van der Waals surface area (Å²) in [4.78, 5) is 13.8. The fourth-order valence-corrected chi connectivity index (χ4v) is 2.49. The largest absolute Gasteiger partial charge is 0.376 e. The van der Waals surface area contributed by atoms with Gasteiger partial charge in [0.15, 0.2) is 5.82 Å². The minimum absolute atomic E-state index is 0.540. The highest BCUT2D eigenvalue weighted by atomic mass is 16.5. The first kappa shape index (κ1) is 12.6. The molecule has 3 heterocycles. The quantitative estimate of drug-likeness (QED) is 0.555. The lowest BCUT2D eigenvalue weighted by atomic mass is 10.1. The number of hydrogen-bond acceptors (Lipinski definition) is 7. The Morgan fingerprint density at radius 1 is 1.21 bits per heavy atom. The van der Waals surface area contributed by atoms with E-state index in [0.29, 0.717) is 12.4 Å². The number of hydrazine groups is 1. The summed E-state index contributed by atoms with van der Waals surface area (Å²) in [5.74, 6) is 7.04. The minimum atomic E-state index is 0.540. The standard InChI is InChI=1S/C12H20N6O/c1-17-3-5-18(6-4-17)12-14-10-2-7-19-8-9(10)11(15-12)16-13/h2-8,13H2,1H3,(H,14,15,16). The molecule has 0 atom stereocenters. The van der Waals surface area contributed by atoms with Gasteiger partial charge in [0.25, 0.3) is 0 Å². The van der Waals surface area contributed by atoms with Crippen LogP contribution in [0.3, 0.4) is 0 Å². The van der Waals surface area contributed by atoms with Gasteiger partial charge in [-0.3, -0.25) is 0 Å². The van der Waals surface area contributed by atoms with E-state index in [1.165, 1.54) is 0 Å². The van der Waals surface area contributed by atoms with E-state index in [1.807, 2.05) is 0 Å². The molecule has 0 unspecified atom stereocenters. The number of ether oxygens (including phenoxy) is 1. The fourth-order valence-electron chi connectivity index (χ4n) is 2.49. The molecule has 0 aromatic carbocycles. The van der Waals surface area contributed by atoms with E-state index in [4.69, 9.17) is 15.6 Å². The number of anilines is 2. The van der Waals surface area contributed by atoms with Crippen LogP contribution in [0.2, 0.25) is 0 Å². The third kappa shape index (κ3) is 2.49. The highest BCUT2D eigenvalue weighted by Crippen LogP contribution is 2.24. The van der Waals surface area contributed by atoms with E-state index < -0.39 is 0 Å². The molecule has 1 saturated heterocycles. The third-order valence-corrected chi connectivity index (χ3v) is 3.73. The zero-order valence-corrected chi connectivity index (χ0v) is 11.2. The Hall–Kier alpha value is -1.44. The second-order valence-corrected chi connectivity index (χ2v) is 5.03. The van der Waals surface area contributed by atoms with Crippen LogP contribution >= 0.6 is 0 Å². The number of likely N-dealkylation sites (N-methyl/N-ethyl adjacent to an activating group) is 1. The number of nitrogen functional groups attached to an aromatic ring is 1. The number of nitrogens with one attached hydrogen (secondary N) is 1. The van der Waals surface area contributed by atoms with Crippen molar-refractivity contribution in [3.05, 3.63) is 11.3 Å². The number of fused-ring (bicyclic) bond motifs is 1. The van der Waals surface area contributed by atoms with Gasteiger partial charge >= 0.3 is 0 Å². The van der Waals surface area contributed by atoms with Gasteiger partial charge in [-0.05, 0) is 7.05 Å². The molecule has 104 valence electrons. The first-order chi connectivity index (χ1) is 9.28. The number of hydrogen-bond donors (Lipinski definition) is 2. The van der Waals surface area contributed by atoms with Crippen molar-refractivity contribution in [3.8, 4) is 0 Å². The lowest BCUT2D eigenvalue weighted by Gasteiger charge is -2.33. The van der Waals surface area contributed by atoms with Crippen LogP contribution in [0.1, 0.15) is 11.3 Å². The molecule has 7 nitrogen and oxygen atoms in total. The van der Waals surface area contributed by atoms with E-state index in [1.54, 1.807) is 0 Å². The van der Waals surface area contributed by atoms with Gasteiger partial charge in [-0.15, -0.1) is 0 Å². The van der Waals surface area contributed by atoms with Gasteiger partial charge in [-0.2, -0.15) is 4.98 Å². The summed E-state index contributed by atoms with van der Waals surface area (Å²) in [6.45, 7) is 5.24.